The monoisotopic (exact) mass is 293 g/mol. The summed E-state index contributed by atoms with van der Waals surface area (Å²) in [4.78, 5) is 15.2. The summed E-state index contributed by atoms with van der Waals surface area (Å²) in [6.45, 7) is 0. The fourth-order valence-corrected chi connectivity index (χ4v) is 2.12. The maximum absolute atomic E-state index is 13.2. The molecule has 0 bridgehead atoms. The molecule has 2 aromatic rings. The fraction of sp³-hybridized carbons (Fsp3) is 0.0769. The molecule has 0 fully saturated rings. The van der Waals surface area contributed by atoms with Crippen LogP contribution in [0.4, 0.5) is 4.39 Å². The average molecular weight is 294 g/mol. The summed E-state index contributed by atoms with van der Waals surface area (Å²) in [5.74, 6) is -0.373. The van der Waals surface area contributed by atoms with E-state index in [1.54, 1.807) is 36.7 Å². The van der Waals surface area contributed by atoms with Crippen molar-refractivity contribution >= 4 is 22.2 Å². The van der Waals surface area contributed by atoms with E-state index < -0.39 is 4.32 Å². The number of rotatable bonds is 3. The first-order valence-corrected chi connectivity index (χ1v) is 5.78. The van der Waals surface area contributed by atoms with Crippen LogP contribution >= 0.6 is 15.9 Å². The van der Waals surface area contributed by atoms with Gasteiger partial charge in [0.05, 0.1) is 0 Å². The molecule has 0 N–H and O–H groups in total. The van der Waals surface area contributed by atoms with Crippen LogP contribution in [0.2, 0.25) is 0 Å². The van der Waals surface area contributed by atoms with E-state index in [9.17, 15) is 9.18 Å². The standard InChI is InChI=1S/C13H9BrFNO/c14-13(9-17,10-4-6-16-7-5-10)11-2-1-3-12(15)8-11/h1-9H. The number of alkyl halides is 1. The van der Waals surface area contributed by atoms with Gasteiger partial charge in [0.25, 0.3) is 0 Å². The van der Waals surface area contributed by atoms with Crippen LogP contribution in [0, 0.1) is 5.82 Å². The summed E-state index contributed by atoms with van der Waals surface area (Å²) in [5, 5.41) is 0. The Kier molecular flexibility index (Phi) is 3.33. The summed E-state index contributed by atoms with van der Waals surface area (Å²) in [5.41, 5.74) is 1.27. The van der Waals surface area contributed by atoms with Gasteiger partial charge in [-0.1, -0.05) is 28.1 Å². The molecule has 0 spiro atoms. The zero-order valence-corrected chi connectivity index (χ0v) is 10.4. The van der Waals surface area contributed by atoms with E-state index in [1.807, 2.05) is 0 Å². The SMILES string of the molecule is O=CC(Br)(c1ccncc1)c1cccc(F)c1. The highest BCUT2D eigenvalue weighted by Crippen LogP contribution is 2.36. The van der Waals surface area contributed by atoms with Crippen molar-refractivity contribution in [3.8, 4) is 0 Å². The Morgan fingerprint density at radius 2 is 1.88 bits per heavy atom. The summed E-state index contributed by atoms with van der Waals surface area (Å²) < 4.78 is 12.2. The van der Waals surface area contributed by atoms with Crippen molar-refractivity contribution in [1.29, 1.82) is 0 Å². The number of aldehydes is 1. The van der Waals surface area contributed by atoms with Crippen molar-refractivity contribution in [2.24, 2.45) is 0 Å². The van der Waals surface area contributed by atoms with E-state index in [0.717, 1.165) is 6.29 Å². The Balaban J connectivity index is 2.56. The molecule has 1 atom stereocenters. The highest BCUT2D eigenvalue weighted by molar-refractivity contribution is 9.10. The molecule has 0 aliphatic heterocycles. The van der Waals surface area contributed by atoms with Crippen molar-refractivity contribution in [2.75, 3.05) is 0 Å². The second-order valence-electron chi connectivity index (χ2n) is 3.58. The first-order chi connectivity index (χ1) is 8.16. The first-order valence-electron chi connectivity index (χ1n) is 4.98. The lowest BCUT2D eigenvalue weighted by molar-refractivity contribution is -0.109. The molecule has 0 aliphatic rings. The minimum absolute atomic E-state index is 0.373. The van der Waals surface area contributed by atoms with Crippen molar-refractivity contribution < 1.29 is 9.18 Å². The van der Waals surface area contributed by atoms with E-state index in [2.05, 4.69) is 20.9 Å². The summed E-state index contributed by atoms with van der Waals surface area (Å²) >= 11 is 3.37. The van der Waals surface area contributed by atoms with Gasteiger partial charge in [-0.05, 0) is 35.4 Å². The molecule has 0 saturated carbocycles. The lowest BCUT2D eigenvalue weighted by atomic mass is 9.93. The molecule has 17 heavy (non-hydrogen) atoms. The van der Waals surface area contributed by atoms with Crippen molar-refractivity contribution in [3.05, 3.63) is 65.7 Å². The Morgan fingerprint density at radius 3 is 2.47 bits per heavy atom. The second-order valence-corrected chi connectivity index (χ2v) is 4.83. The van der Waals surface area contributed by atoms with Crippen LogP contribution in [0.15, 0.2) is 48.8 Å². The minimum atomic E-state index is -1.03. The third-order valence-electron chi connectivity index (χ3n) is 2.51. The Bertz CT molecular complexity index is 532. The molecule has 0 radical (unpaired) electrons. The van der Waals surface area contributed by atoms with Gasteiger partial charge >= 0.3 is 0 Å². The number of benzene rings is 1. The van der Waals surface area contributed by atoms with Gasteiger partial charge in [-0.2, -0.15) is 0 Å². The molecule has 1 unspecified atom stereocenters. The minimum Gasteiger partial charge on any atom is -0.301 e. The van der Waals surface area contributed by atoms with Crippen molar-refractivity contribution in [1.82, 2.24) is 4.98 Å². The molecule has 0 aliphatic carbocycles. The third-order valence-corrected chi connectivity index (χ3v) is 3.61. The Morgan fingerprint density at radius 1 is 1.18 bits per heavy atom. The molecule has 2 nitrogen and oxygen atoms in total. The smallest absolute Gasteiger partial charge is 0.145 e. The molecule has 0 amide bonds. The maximum Gasteiger partial charge on any atom is 0.145 e. The van der Waals surface area contributed by atoms with Crippen LogP contribution in [-0.2, 0) is 9.12 Å². The van der Waals surface area contributed by atoms with Crippen LogP contribution in [0.3, 0.4) is 0 Å². The van der Waals surface area contributed by atoms with Crippen molar-refractivity contribution in [2.45, 2.75) is 4.32 Å². The lowest BCUT2D eigenvalue weighted by Gasteiger charge is -2.21. The molecule has 1 aromatic carbocycles. The molecular weight excluding hydrogens is 285 g/mol. The van der Waals surface area contributed by atoms with Crippen LogP contribution in [0.25, 0.3) is 0 Å². The molecule has 1 aromatic heterocycles. The predicted molar refractivity (Wildman–Crippen MR) is 66.4 cm³/mol. The van der Waals surface area contributed by atoms with Gasteiger partial charge in [0.2, 0.25) is 0 Å². The molecule has 1 heterocycles. The number of hydrogen-bond donors (Lipinski definition) is 0. The van der Waals surface area contributed by atoms with Crippen LogP contribution in [-0.4, -0.2) is 11.3 Å². The lowest BCUT2D eigenvalue weighted by Crippen LogP contribution is -2.21. The summed E-state index contributed by atoms with van der Waals surface area (Å²) in [6, 6.07) is 9.39. The molecule has 86 valence electrons. The van der Waals surface area contributed by atoms with Gasteiger partial charge in [-0.15, -0.1) is 0 Å². The van der Waals surface area contributed by atoms with E-state index in [4.69, 9.17) is 0 Å². The topological polar surface area (TPSA) is 30.0 Å². The number of carbonyl (C=O) groups excluding carboxylic acids is 1. The number of pyridine rings is 1. The zero-order chi connectivity index (χ0) is 12.3. The Labute approximate surface area is 107 Å². The van der Waals surface area contributed by atoms with E-state index in [0.29, 0.717) is 11.1 Å². The third kappa shape index (κ3) is 2.26. The molecule has 4 heteroatoms. The normalized spacial score (nSPS) is 14.0. The average Bonchev–Trinajstić information content (AvgIpc) is 2.39. The highest BCUT2D eigenvalue weighted by atomic mass is 79.9. The fourth-order valence-electron chi connectivity index (χ4n) is 1.61. The van der Waals surface area contributed by atoms with Gasteiger partial charge in [0, 0.05) is 12.4 Å². The number of halogens is 2. The van der Waals surface area contributed by atoms with Gasteiger partial charge in [0.1, 0.15) is 16.4 Å². The van der Waals surface area contributed by atoms with Crippen LogP contribution < -0.4 is 0 Å². The van der Waals surface area contributed by atoms with Gasteiger partial charge in [-0.25, -0.2) is 4.39 Å². The molecule has 0 saturated heterocycles. The second kappa shape index (κ2) is 4.75. The summed E-state index contributed by atoms with van der Waals surface area (Å²) in [6.07, 6.45) is 3.93. The van der Waals surface area contributed by atoms with Gasteiger partial charge < -0.3 is 4.79 Å². The largest absolute Gasteiger partial charge is 0.301 e. The number of nitrogens with zero attached hydrogens (tertiary/aromatic N) is 1. The first kappa shape index (κ1) is 11.9. The van der Waals surface area contributed by atoms with Gasteiger partial charge in [0.15, 0.2) is 0 Å². The zero-order valence-electron chi connectivity index (χ0n) is 8.81. The maximum atomic E-state index is 13.2. The number of aromatic nitrogens is 1. The number of hydrogen-bond acceptors (Lipinski definition) is 2. The van der Waals surface area contributed by atoms with Gasteiger partial charge in [-0.3, -0.25) is 4.98 Å². The number of carbonyl (C=O) groups is 1. The van der Waals surface area contributed by atoms with E-state index in [-0.39, 0.29) is 5.82 Å². The van der Waals surface area contributed by atoms with E-state index >= 15 is 0 Å². The van der Waals surface area contributed by atoms with Crippen molar-refractivity contribution in [3.63, 3.8) is 0 Å². The quantitative estimate of drug-likeness (QED) is 0.643. The molecule has 2 rings (SSSR count). The highest BCUT2D eigenvalue weighted by Gasteiger charge is 2.31. The van der Waals surface area contributed by atoms with Crippen LogP contribution in [0.5, 0.6) is 0 Å². The van der Waals surface area contributed by atoms with Crippen LogP contribution in [0.1, 0.15) is 11.1 Å². The Hall–Kier alpha value is -1.55. The summed E-state index contributed by atoms with van der Waals surface area (Å²) in [7, 11) is 0. The van der Waals surface area contributed by atoms with E-state index in [1.165, 1.54) is 12.1 Å². The predicted octanol–water partition coefficient (Wildman–Crippen LogP) is 3.06. The molecular formula is C13H9BrFNO.